The monoisotopic (exact) mass is 371 g/mol. The van der Waals surface area contributed by atoms with Crippen molar-refractivity contribution in [3.8, 4) is 0 Å². The maximum atomic E-state index is 12.8. The third-order valence-electron chi connectivity index (χ3n) is 5.01. The molecule has 1 atom stereocenters. The maximum Gasteiger partial charge on any atom is 0.332 e. The second-order valence-electron chi connectivity index (χ2n) is 6.69. The molecule has 2 aromatic rings. The Balaban J connectivity index is 1.97. The van der Waals surface area contributed by atoms with Gasteiger partial charge in [-0.2, -0.15) is 0 Å². The van der Waals surface area contributed by atoms with Crippen LogP contribution in [0, 0.1) is 0 Å². The Labute approximate surface area is 154 Å². The first kappa shape index (κ1) is 18.6. The molecular formula is C18H21N5O4. The van der Waals surface area contributed by atoms with Gasteiger partial charge in [0.15, 0.2) is 5.78 Å². The number of aromatic nitrogens is 2. The van der Waals surface area contributed by atoms with Gasteiger partial charge in [-0.15, -0.1) is 0 Å². The van der Waals surface area contributed by atoms with Crippen LogP contribution >= 0.6 is 0 Å². The van der Waals surface area contributed by atoms with E-state index in [1.165, 1.54) is 14.1 Å². The Bertz CT molecular complexity index is 1050. The molecule has 3 rings (SSSR count). The van der Waals surface area contributed by atoms with Crippen molar-refractivity contribution in [3.63, 3.8) is 0 Å². The van der Waals surface area contributed by atoms with Gasteiger partial charge in [0.1, 0.15) is 11.4 Å². The van der Waals surface area contributed by atoms with E-state index in [0.29, 0.717) is 13.0 Å². The predicted molar refractivity (Wildman–Crippen MR) is 99.2 cm³/mol. The lowest BCUT2D eigenvalue weighted by molar-refractivity contribution is -0.123. The molecule has 1 aliphatic heterocycles. The van der Waals surface area contributed by atoms with Crippen molar-refractivity contribution in [1.29, 1.82) is 0 Å². The van der Waals surface area contributed by atoms with E-state index in [9.17, 15) is 19.2 Å². The minimum absolute atomic E-state index is 0.193. The molecule has 1 amide bonds. The molecular weight excluding hydrogens is 350 g/mol. The maximum absolute atomic E-state index is 12.8. The molecule has 0 bridgehead atoms. The molecule has 0 aliphatic carbocycles. The van der Waals surface area contributed by atoms with Crippen LogP contribution in [0.4, 0.5) is 5.82 Å². The average Bonchev–Trinajstić information content (AvgIpc) is 2.64. The van der Waals surface area contributed by atoms with Crippen molar-refractivity contribution >= 4 is 17.5 Å². The Kier molecular flexibility index (Phi) is 4.71. The fourth-order valence-electron chi connectivity index (χ4n) is 3.41. The highest BCUT2D eigenvalue weighted by Crippen LogP contribution is 2.23. The normalized spacial score (nSPS) is 16.7. The largest absolute Gasteiger partial charge is 0.384 e. The van der Waals surface area contributed by atoms with Gasteiger partial charge in [0.25, 0.3) is 5.56 Å². The quantitative estimate of drug-likeness (QED) is 0.646. The first-order valence-electron chi connectivity index (χ1n) is 8.41. The van der Waals surface area contributed by atoms with Crippen molar-refractivity contribution < 1.29 is 9.59 Å². The molecule has 1 aromatic heterocycles. The molecule has 9 heteroatoms. The van der Waals surface area contributed by atoms with Gasteiger partial charge in [0, 0.05) is 20.6 Å². The number of hydrogen-bond donors (Lipinski definition) is 2. The number of nitrogen functional groups attached to an aromatic ring is 1. The number of benzene rings is 1. The van der Waals surface area contributed by atoms with Gasteiger partial charge < -0.3 is 11.5 Å². The first-order valence-corrected chi connectivity index (χ1v) is 8.41. The van der Waals surface area contributed by atoms with Crippen LogP contribution in [0.1, 0.15) is 21.5 Å². The van der Waals surface area contributed by atoms with E-state index >= 15 is 0 Å². The topological polar surface area (TPSA) is 133 Å². The second kappa shape index (κ2) is 6.84. The molecule has 142 valence electrons. The van der Waals surface area contributed by atoms with E-state index in [4.69, 9.17) is 11.5 Å². The number of rotatable bonds is 4. The Morgan fingerprint density at radius 3 is 2.37 bits per heavy atom. The van der Waals surface area contributed by atoms with Crippen molar-refractivity contribution in [2.75, 3.05) is 12.3 Å². The number of primary amides is 1. The summed E-state index contributed by atoms with van der Waals surface area (Å²) in [7, 11) is 2.67. The number of nitrogens with two attached hydrogens (primary N) is 2. The van der Waals surface area contributed by atoms with Gasteiger partial charge in [-0.1, -0.05) is 24.3 Å². The van der Waals surface area contributed by atoms with Crippen LogP contribution in [-0.4, -0.2) is 38.3 Å². The van der Waals surface area contributed by atoms with E-state index < -0.39 is 29.0 Å². The number of anilines is 1. The Morgan fingerprint density at radius 1 is 1.11 bits per heavy atom. The van der Waals surface area contributed by atoms with Crippen LogP contribution < -0.4 is 22.7 Å². The van der Waals surface area contributed by atoms with E-state index in [0.717, 1.165) is 20.3 Å². The molecule has 4 N–H and O–H groups in total. The van der Waals surface area contributed by atoms with Gasteiger partial charge >= 0.3 is 5.69 Å². The van der Waals surface area contributed by atoms with E-state index in [2.05, 4.69) is 0 Å². The van der Waals surface area contributed by atoms with Crippen LogP contribution in [0.5, 0.6) is 0 Å². The summed E-state index contributed by atoms with van der Waals surface area (Å²) in [6.45, 7) is 0.140. The van der Waals surface area contributed by atoms with E-state index in [-0.39, 0.29) is 17.9 Å². The van der Waals surface area contributed by atoms with Gasteiger partial charge in [0.05, 0.1) is 12.6 Å². The third kappa shape index (κ3) is 3.17. The van der Waals surface area contributed by atoms with Crippen molar-refractivity contribution in [2.24, 2.45) is 19.8 Å². The number of ketones is 1. The van der Waals surface area contributed by atoms with Crippen LogP contribution in [0.3, 0.4) is 0 Å². The summed E-state index contributed by atoms with van der Waals surface area (Å²) in [5.74, 6) is -1.30. The molecule has 0 saturated heterocycles. The fraction of sp³-hybridized carbons (Fsp3) is 0.333. The average molecular weight is 371 g/mol. The lowest BCUT2D eigenvalue weighted by Crippen LogP contribution is -2.51. The van der Waals surface area contributed by atoms with Crippen LogP contribution in [0.2, 0.25) is 0 Å². The standard InChI is InChI=1S/C18H21N5O4/c1-21-15(19)14(17(26)22(2)18(21)27)13(24)9-23-8-11-6-4-3-5-10(11)7-12(23)16(20)25/h3-6,12H,7-9,19H2,1-2H3,(H2,20,25)/t12-/m0/s1. The highest BCUT2D eigenvalue weighted by molar-refractivity contribution is 6.01. The van der Waals surface area contributed by atoms with Crippen molar-refractivity contribution in [2.45, 2.75) is 19.0 Å². The van der Waals surface area contributed by atoms with Crippen LogP contribution in [-0.2, 0) is 31.9 Å². The lowest BCUT2D eigenvalue weighted by Gasteiger charge is -2.34. The Morgan fingerprint density at radius 2 is 1.74 bits per heavy atom. The summed E-state index contributed by atoms with van der Waals surface area (Å²) in [5, 5.41) is 0. The molecule has 2 heterocycles. The van der Waals surface area contributed by atoms with E-state index in [1.807, 2.05) is 24.3 Å². The minimum Gasteiger partial charge on any atom is -0.384 e. The summed E-state index contributed by atoms with van der Waals surface area (Å²) in [6, 6.07) is 6.94. The fourth-order valence-corrected chi connectivity index (χ4v) is 3.41. The zero-order chi connectivity index (χ0) is 19.9. The molecule has 0 unspecified atom stereocenters. The molecule has 9 nitrogen and oxygen atoms in total. The zero-order valence-electron chi connectivity index (χ0n) is 15.1. The summed E-state index contributed by atoms with van der Waals surface area (Å²) >= 11 is 0. The summed E-state index contributed by atoms with van der Waals surface area (Å²) in [5.41, 5.74) is 11.7. The van der Waals surface area contributed by atoms with Gasteiger partial charge in [-0.3, -0.25) is 28.4 Å². The zero-order valence-corrected chi connectivity index (χ0v) is 15.1. The number of Topliss-reactive ketones (excluding diaryl/α,β-unsaturated/α-hetero) is 1. The number of nitrogens with zero attached hydrogens (tertiary/aromatic N) is 3. The highest BCUT2D eigenvalue weighted by Gasteiger charge is 2.32. The molecule has 0 fully saturated rings. The lowest BCUT2D eigenvalue weighted by atomic mass is 9.93. The van der Waals surface area contributed by atoms with Gasteiger partial charge in [-0.25, -0.2) is 4.79 Å². The Hall–Kier alpha value is -3.20. The number of carbonyl (C=O) groups is 2. The smallest absolute Gasteiger partial charge is 0.332 e. The van der Waals surface area contributed by atoms with Crippen molar-refractivity contribution in [1.82, 2.24) is 14.0 Å². The number of amides is 1. The third-order valence-corrected chi connectivity index (χ3v) is 5.01. The van der Waals surface area contributed by atoms with E-state index in [1.54, 1.807) is 4.90 Å². The molecule has 0 radical (unpaired) electrons. The molecule has 0 saturated carbocycles. The summed E-state index contributed by atoms with van der Waals surface area (Å²) in [4.78, 5) is 50.7. The number of hydrogen-bond acceptors (Lipinski definition) is 6. The van der Waals surface area contributed by atoms with Gasteiger partial charge in [-0.05, 0) is 17.5 Å². The predicted octanol–water partition coefficient (Wildman–Crippen LogP) is -1.24. The van der Waals surface area contributed by atoms with Crippen molar-refractivity contribution in [3.05, 3.63) is 61.8 Å². The SMILES string of the molecule is Cn1c(N)c(C(=O)CN2Cc3ccccc3C[C@H]2C(N)=O)c(=O)n(C)c1=O. The highest BCUT2D eigenvalue weighted by atomic mass is 16.2. The summed E-state index contributed by atoms with van der Waals surface area (Å²) in [6.07, 6.45) is 0.388. The van der Waals surface area contributed by atoms with Crippen LogP contribution in [0.25, 0.3) is 0 Å². The number of fused-ring (bicyclic) bond motifs is 1. The first-order chi connectivity index (χ1) is 12.7. The molecule has 0 spiro atoms. The van der Waals surface area contributed by atoms with Crippen LogP contribution in [0.15, 0.2) is 33.9 Å². The number of carbonyl (C=O) groups excluding carboxylic acids is 2. The minimum atomic E-state index is -0.756. The molecule has 27 heavy (non-hydrogen) atoms. The molecule has 1 aliphatic rings. The summed E-state index contributed by atoms with van der Waals surface area (Å²) < 4.78 is 1.88. The second-order valence-corrected chi connectivity index (χ2v) is 6.69. The molecule has 1 aromatic carbocycles. The van der Waals surface area contributed by atoms with Gasteiger partial charge in [0.2, 0.25) is 5.91 Å².